The van der Waals surface area contributed by atoms with Crippen LogP contribution in [0.4, 0.5) is 0 Å². The number of pyridine rings is 1. The first-order valence-corrected chi connectivity index (χ1v) is 9.12. The molecule has 1 aromatic carbocycles. The van der Waals surface area contributed by atoms with Gasteiger partial charge >= 0.3 is 0 Å². The molecule has 0 unspecified atom stereocenters. The Morgan fingerprint density at radius 2 is 1.81 bits per heavy atom. The number of hydrogen-bond acceptors (Lipinski definition) is 4. The van der Waals surface area contributed by atoms with Crippen molar-refractivity contribution in [1.82, 2.24) is 19.3 Å². The first kappa shape index (κ1) is 16.5. The number of hydrogen-bond donors (Lipinski definition) is 0. The van der Waals surface area contributed by atoms with Gasteiger partial charge in [-0.25, -0.2) is 9.67 Å². The highest BCUT2D eigenvalue weighted by molar-refractivity contribution is 7.15. The summed E-state index contributed by atoms with van der Waals surface area (Å²) in [5, 5.41) is 0.875. The van der Waals surface area contributed by atoms with Crippen molar-refractivity contribution in [3.63, 3.8) is 0 Å². The molecule has 0 aliphatic heterocycles. The smallest absolute Gasteiger partial charge is 0.281 e. The number of benzene rings is 1. The molecule has 0 aliphatic carbocycles. The van der Waals surface area contributed by atoms with E-state index in [0.717, 1.165) is 32.5 Å². The summed E-state index contributed by atoms with van der Waals surface area (Å²) in [6.45, 7) is 3.96. The largest absolute Gasteiger partial charge is 0.285 e. The highest BCUT2D eigenvalue weighted by atomic mass is 32.1. The zero-order valence-corrected chi connectivity index (χ0v) is 15.6. The monoisotopic (exact) mass is 362 g/mol. The topological polar surface area (TPSA) is 52.7 Å². The van der Waals surface area contributed by atoms with Gasteiger partial charge in [-0.3, -0.25) is 14.5 Å². The summed E-state index contributed by atoms with van der Waals surface area (Å²) in [7, 11) is 1.90. The first-order chi connectivity index (χ1) is 12.6. The summed E-state index contributed by atoms with van der Waals surface area (Å²) in [5.41, 5.74) is 4.05. The predicted molar refractivity (Wildman–Crippen MR) is 105 cm³/mol. The Bertz CT molecular complexity index is 1120. The van der Waals surface area contributed by atoms with Crippen LogP contribution < -0.4 is 5.56 Å². The van der Waals surface area contributed by atoms with E-state index in [2.05, 4.69) is 4.98 Å². The van der Waals surface area contributed by atoms with Crippen molar-refractivity contribution < 1.29 is 0 Å². The van der Waals surface area contributed by atoms with Crippen molar-refractivity contribution in [3.05, 3.63) is 75.8 Å². The van der Waals surface area contributed by atoms with Crippen LogP contribution in [0.2, 0.25) is 0 Å². The molecule has 0 radical (unpaired) electrons. The van der Waals surface area contributed by atoms with Gasteiger partial charge in [-0.1, -0.05) is 18.2 Å². The van der Waals surface area contributed by atoms with E-state index in [1.807, 2.05) is 68.0 Å². The van der Waals surface area contributed by atoms with E-state index in [1.165, 1.54) is 0 Å². The molecule has 0 atom stereocenters. The van der Waals surface area contributed by atoms with Crippen LogP contribution in [0.25, 0.3) is 27.5 Å². The average molecular weight is 362 g/mol. The van der Waals surface area contributed by atoms with E-state index >= 15 is 0 Å². The second kappa shape index (κ2) is 6.38. The molecule has 0 saturated heterocycles. The molecular formula is C20H18N4OS. The average Bonchev–Trinajstić information content (AvgIpc) is 3.14. The molecule has 0 bridgehead atoms. The maximum Gasteiger partial charge on any atom is 0.281 e. The lowest BCUT2D eigenvalue weighted by molar-refractivity contribution is 0.630. The second-order valence-electron chi connectivity index (χ2n) is 6.10. The minimum Gasteiger partial charge on any atom is -0.285 e. The summed E-state index contributed by atoms with van der Waals surface area (Å²) in [5.74, 6) is 0. The lowest BCUT2D eigenvalue weighted by Crippen LogP contribution is -2.20. The molecule has 4 rings (SSSR count). The summed E-state index contributed by atoms with van der Waals surface area (Å²) in [6.07, 6.45) is 3.53. The Morgan fingerprint density at radius 1 is 1.04 bits per heavy atom. The normalized spacial score (nSPS) is 11.0. The van der Waals surface area contributed by atoms with Crippen LogP contribution in [0, 0.1) is 13.8 Å². The molecule has 0 fully saturated rings. The van der Waals surface area contributed by atoms with Gasteiger partial charge in [-0.15, -0.1) is 11.3 Å². The summed E-state index contributed by atoms with van der Waals surface area (Å²) < 4.78 is 3.57. The fraction of sp³-hybridized carbons (Fsp3) is 0.150. The Kier molecular flexibility index (Phi) is 4.05. The molecule has 3 aromatic heterocycles. The molecule has 6 heteroatoms. The van der Waals surface area contributed by atoms with Crippen molar-refractivity contribution in [1.29, 1.82) is 0 Å². The first-order valence-electron chi connectivity index (χ1n) is 8.30. The molecule has 26 heavy (non-hydrogen) atoms. The van der Waals surface area contributed by atoms with E-state index < -0.39 is 0 Å². The molecule has 0 aliphatic rings. The van der Waals surface area contributed by atoms with Crippen LogP contribution in [0.1, 0.15) is 10.6 Å². The standard InChI is InChI=1S/C20H18N4OS/c1-13-17(20(25)24(23(13)3)16-9-5-4-6-10-16)18-14(2)26-19(22-18)15-8-7-11-21-12-15/h4-12H,1-3H3. The predicted octanol–water partition coefficient (Wildman–Crippen LogP) is 3.98. The quantitative estimate of drug-likeness (QED) is 0.554. The van der Waals surface area contributed by atoms with E-state index in [1.54, 1.807) is 28.4 Å². The van der Waals surface area contributed by atoms with Crippen molar-refractivity contribution in [2.24, 2.45) is 7.05 Å². The Hall–Kier alpha value is -2.99. The number of nitrogens with zero attached hydrogens (tertiary/aromatic N) is 4. The Labute approximate surface area is 155 Å². The minimum absolute atomic E-state index is 0.0534. The number of thiazole rings is 1. The van der Waals surface area contributed by atoms with Crippen molar-refractivity contribution >= 4 is 11.3 Å². The van der Waals surface area contributed by atoms with Gasteiger partial charge in [0.2, 0.25) is 0 Å². The maximum atomic E-state index is 13.2. The van der Waals surface area contributed by atoms with E-state index in [9.17, 15) is 4.79 Å². The fourth-order valence-corrected chi connectivity index (χ4v) is 3.99. The summed E-state index contributed by atoms with van der Waals surface area (Å²) in [6, 6.07) is 13.5. The van der Waals surface area contributed by atoms with Crippen molar-refractivity contribution in [2.75, 3.05) is 0 Å². The lowest BCUT2D eigenvalue weighted by atomic mass is 10.1. The van der Waals surface area contributed by atoms with Crippen LogP contribution in [0.5, 0.6) is 0 Å². The Morgan fingerprint density at radius 3 is 2.50 bits per heavy atom. The molecule has 130 valence electrons. The number of para-hydroxylation sites is 1. The zero-order valence-electron chi connectivity index (χ0n) is 14.8. The third-order valence-corrected chi connectivity index (χ3v) is 5.52. The van der Waals surface area contributed by atoms with Gasteiger partial charge in [0, 0.05) is 35.6 Å². The summed E-state index contributed by atoms with van der Waals surface area (Å²) >= 11 is 1.58. The molecule has 3 heterocycles. The molecule has 4 aromatic rings. The van der Waals surface area contributed by atoms with Crippen LogP contribution in [0.3, 0.4) is 0 Å². The Balaban J connectivity index is 1.91. The lowest BCUT2D eigenvalue weighted by Gasteiger charge is -2.07. The minimum atomic E-state index is -0.0534. The maximum absolute atomic E-state index is 13.2. The van der Waals surface area contributed by atoms with E-state index in [0.29, 0.717) is 5.56 Å². The van der Waals surface area contributed by atoms with Gasteiger partial charge in [0.25, 0.3) is 5.56 Å². The highest BCUT2D eigenvalue weighted by Gasteiger charge is 2.22. The molecule has 0 saturated carbocycles. The summed E-state index contributed by atoms with van der Waals surface area (Å²) in [4.78, 5) is 23.2. The SMILES string of the molecule is Cc1sc(-c2cccnc2)nc1-c1c(C)n(C)n(-c2ccccc2)c1=O. The van der Waals surface area contributed by atoms with Gasteiger partial charge < -0.3 is 0 Å². The third kappa shape index (κ3) is 2.59. The number of aromatic nitrogens is 4. The number of aryl methyl sites for hydroxylation is 1. The van der Waals surface area contributed by atoms with E-state index in [4.69, 9.17) is 4.98 Å². The molecule has 0 amide bonds. The van der Waals surface area contributed by atoms with Crippen molar-refractivity contribution in [3.8, 4) is 27.5 Å². The second-order valence-corrected chi connectivity index (χ2v) is 7.31. The van der Waals surface area contributed by atoms with Crippen LogP contribution in [-0.4, -0.2) is 19.3 Å². The zero-order chi connectivity index (χ0) is 18.3. The molecule has 0 N–H and O–H groups in total. The van der Waals surface area contributed by atoms with Gasteiger partial charge in [0.15, 0.2) is 0 Å². The third-order valence-electron chi connectivity index (χ3n) is 4.50. The van der Waals surface area contributed by atoms with Crippen LogP contribution >= 0.6 is 11.3 Å². The van der Waals surface area contributed by atoms with Crippen molar-refractivity contribution in [2.45, 2.75) is 13.8 Å². The van der Waals surface area contributed by atoms with Gasteiger partial charge in [0.05, 0.1) is 16.9 Å². The fourth-order valence-electron chi connectivity index (χ4n) is 3.08. The molecule has 5 nitrogen and oxygen atoms in total. The van der Waals surface area contributed by atoms with Crippen LogP contribution in [0.15, 0.2) is 59.7 Å². The van der Waals surface area contributed by atoms with Gasteiger partial charge in [-0.2, -0.15) is 0 Å². The highest BCUT2D eigenvalue weighted by Crippen LogP contribution is 2.33. The molecule has 0 spiro atoms. The van der Waals surface area contributed by atoms with E-state index in [-0.39, 0.29) is 5.56 Å². The van der Waals surface area contributed by atoms with Crippen LogP contribution in [-0.2, 0) is 7.05 Å². The molecular weight excluding hydrogens is 344 g/mol. The van der Waals surface area contributed by atoms with Gasteiger partial charge in [-0.05, 0) is 38.1 Å². The van der Waals surface area contributed by atoms with Gasteiger partial charge in [0.1, 0.15) is 5.01 Å². The number of rotatable bonds is 3.